The van der Waals surface area contributed by atoms with Crippen LogP contribution in [0, 0.1) is 15.9 Å². The van der Waals surface area contributed by atoms with Crippen molar-refractivity contribution in [1.29, 1.82) is 0 Å². The molecule has 0 spiro atoms. The van der Waals surface area contributed by atoms with Crippen molar-refractivity contribution in [1.82, 2.24) is 0 Å². The summed E-state index contributed by atoms with van der Waals surface area (Å²) < 4.78 is 13.4. The molecule has 0 radical (unpaired) electrons. The van der Waals surface area contributed by atoms with E-state index in [0.29, 0.717) is 6.07 Å². The van der Waals surface area contributed by atoms with Crippen LogP contribution in [-0.4, -0.2) is 22.9 Å². The van der Waals surface area contributed by atoms with E-state index < -0.39 is 33.7 Å². The molecule has 0 atom stereocenters. The summed E-state index contributed by atoms with van der Waals surface area (Å²) in [5.41, 5.74) is -1.49. The lowest BCUT2D eigenvalue weighted by Gasteiger charge is -2.03. The van der Waals surface area contributed by atoms with Crippen molar-refractivity contribution in [2.45, 2.75) is 0 Å². The van der Waals surface area contributed by atoms with Gasteiger partial charge in [0.1, 0.15) is 5.82 Å². The number of carbonyl (C=O) groups excluding carboxylic acids is 2. The van der Waals surface area contributed by atoms with E-state index >= 15 is 0 Å². The van der Waals surface area contributed by atoms with E-state index in [1.54, 1.807) is 0 Å². The fourth-order valence-electron chi connectivity index (χ4n) is 1.17. The van der Waals surface area contributed by atoms with Crippen molar-refractivity contribution in [2.24, 2.45) is 0 Å². The number of ketones is 1. The molecule has 0 amide bonds. The van der Waals surface area contributed by atoms with Crippen LogP contribution < -0.4 is 0 Å². The maximum atomic E-state index is 13.4. The Bertz CT molecular complexity index is 475. The van der Waals surface area contributed by atoms with Gasteiger partial charge >= 0.3 is 0 Å². The van der Waals surface area contributed by atoms with Crippen LogP contribution in [0.3, 0.4) is 0 Å². The normalized spacial score (nSPS) is 9.88. The Balaban J connectivity index is 3.45. The highest BCUT2D eigenvalue weighted by atomic mass is 35.5. The zero-order chi connectivity index (χ0) is 12.3. The number of aldehydes is 1. The predicted molar refractivity (Wildman–Crippen MR) is 53.5 cm³/mol. The minimum atomic E-state index is -1.12. The summed E-state index contributed by atoms with van der Waals surface area (Å²) in [6.07, 6.45) is 0.176. The van der Waals surface area contributed by atoms with Crippen molar-refractivity contribution in [3.8, 4) is 0 Å². The van der Waals surface area contributed by atoms with Gasteiger partial charge < -0.3 is 0 Å². The second-order valence-electron chi connectivity index (χ2n) is 2.82. The zero-order valence-corrected chi connectivity index (χ0v) is 8.53. The van der Waals surface area contributed by atoms with Crippen LogP contribution in [0.15, 0.2) is 12.1 Å². The molecule has 0 aliphatic heterocycles. The summed E-state index contributed by atoms with van der Waals surface area (Å²) in [5.74, 6) is -2.42. The number of nitro benzene ring substituents is 1. The first-order valence-electron chi connectivity index (χ1n) is 4.03. The first-order chi connectivity index (χ1) is 7.51. The van der Waals surface area contributed by atoms with Gasteiger partial charge in [-0.15, -0.1) is 11.6 Å². The third kappa shape index (κ3) is 2.22. The second-order valence-corrected chi connectivity index (χ2v) is 3.09. The van der Waals surface area contributed by atoms with E-state index in [9.17, 15) is 24.1 Å². The summed E-state index contributed by atoms with van der Waals surface area (Å²) in [4.78, 5) is 31.3. The molecule has 84 valence electrons. The number of Topliss-reactive ketones (excluding diaryl/α,β-unsaturated/α-hetero) is 1. The number of hydrogen-bond acceptors (Lipinski definition) is 4. The van der Waals surface area contributed by atoms with E-state index in [1.807, 2.05) is 0 Å². The maximum Gasteiger partial charge on any atom is 0.273 e. The van der Waals surface area contributed by atoms with Gasteiger partial charge in [0.05, 0.1) is 22.4 Å². The number of hydrogen-bond donors (Lipinski definition) is 0. The Kier molecular flexibility index (Phi) is 3.68. The monoisotopic (exact) mass is 245 g/mol. The predicted octanol–water partition coefficient (Wildman–Crippen LogP) is 1.97. The molecule has 0 saturated heterocycles. The average Bonchev–Trinajstić information content (AvgIpc) is 2.26. The Morgan fingerprint density at radius 3 is 2.62 bits per heavy atom. The van der Waals surface area contributed by atoms with Gasteiger partial charge in [-0.3, -0.25) is 19.7 Å². The highest BCUT2D eigenvalue weighted by Gasteiger charge is 2.20. The fourth-order valence-corrected chi connectivity index (χ4v) is 1.31. The first kappa shape index (κ1) is 12.3. The van der Waals surface area contributed by atoms with Crippen LogP contribution in [0.4, 0.5) is 10.1 Å². The molecule has 1 aromatic carbocycles. The van der Waals surface area contributed by atoms with Gasteiger partial charge in [-0.25, -0.2) is 4.39 Å². The van der Waals surface area contributed by atoms with Gasteiger partial charge in [0.2, 0.25) is 0 Å². The molecule has 0 bridgehead atoms. The van der Waals surface area contributed by atoms with E-state index in [4.69, 9.17) is 11.6 Å². The molecule has 1 aromatic rings. The van der Waals surface area contributed by atoms with Crippen LogP contribution >= 0.6 is 11.6 Å². The number of rotatable bonds is 4. The molecule has 0 saturated carbocycles. The number of benzene rings is 1. The number of nitrogens with zero attached hydrogens (tertiary/aromatic N) is 1. The van der Waals surface area contributed by atoms with Crippen LogP contribution in [0.1, 0.15) is 20.7 Å². The smallest absolute Gasteiger partial charge is 0.273 e. The van der Waals surface area contributed by atoms with Crippen LogP contribution in [0.2, 0.25) is 0 Å². The molecule has 0 aliphatic rings. The van der Waals surface area contributed by atoms with Crippen LogP contribution in [0.5, 0.6) is 0 Å². The molecule has 5 nitrogen and oxygen atoms in total. The molecule has 0 aromatic heterocycles. The molecule has 0 unspecified atom stereocenters. The summed E-state index contributed by atoms with van der Waals surface area (Å²) in [6, 6.07) is 1.41. The summed E-state index contributed by atoms with van der Waals surface area (Å²) in [7, 11) is 0. The molecule has 0 fully saturated rings. The Morgan fingerprint density at radius 1 is 1.56 bits per heavy atom. The lowest BCUT2D eigenvalue weighted by molar-refractivity contribution is -0.385. The molecule has 0 heterocycles. The second kappa shape index (κ2) is 4.80. The van der Waals surface area contributed by atoms with Gasteiger partial charge in [-0.05, 0) is 0 Å². The minimum Gasteiger partial charge on any atom is -0.298 e. The number of alkyl halides is 1. The third-order valence-corrected chi connectivity index (χ3v) is 2.09. The van der Waals surface area contributed by atoms with Crippen molar-refractivity contribution >= 4 is 29.4 Å². The highest BCUT2D eigenvalue weighted by Crippen LogP contribution is 2.21. The van der Waals surface area contributed by atoms with Crippen molar-refractivity contribution in [2.75, 3.05) is 5.88 Å². The van der Waals surface area contributed by atoms with E-state index in [2.05, 4.69) is 0 Å². The number of nitro groups is 1. The van der Waals surface area contributed by atoms with Crippen molar-refractivity contribution in [3.05, 3.63) is 39.2 Å². The van der Waals surface area contributed by atoms with Crippen molar-refractivity contribution in [3.63, 3.8) is 0 Å². The molecule has 1 rings (SSSR count). The molecular formula is C9H5ClFNO4. The average molecular weight is 246 g/mol. The fraction of sp³-hybridized carbons (Fsp3) is 0.111. The van der Waals surface area contributed by atoms with Gasteiger partial charge in [-0.2, -0.15) is 0 Å². The molecule has 7 heteroatoms. The van der Waals surface area contributed by atoms with E-state index in [1.165, 1.54) is 0 Å². The minimum absolute atomic E-state index is 0.176. The Labute approximate surface area is 94.0 Å². The standard InChI is InChI=1S/C9H5ClFNO4/c10-3-8(14)9-5(4-13)1-6(12(15)16)2-7(9)11/h1-2,4H,3H2. The van der Waals surface area contributed by atoms with Gasteiger partial charge in [-0.1, -0.05) is 0 Å². The summed E-state index contributed by atoms with van der Waals surface area (Å²) in [5, 5.41) is 10.4. The van der Waals surface area contributed by atoms with Gasteiger partial charge in [0.25, 0.3) is 5.69 Å². The topological polar surface area (TPSA) is 77.3 Å². The Morgan fingerprint density at radius 2 is 2.19 bits per heavy atom. The lowest BCUT2D eigenvalue weighted by Crippen LogP contribution is -2.09. The summed E-state index contributed by atoms with van der Waals surface area (Å²) in [6.45, 7) is 0. The maximum absolute atomic E-state index is 13.4. The van der Waals surface area contributed by atoms with Crippen molar-refractivity contribution < 1.29 is 18.9 Å². The molecule has 0 N–H and O–H groups in total. The number of halogens is 2. The first-order valence-corrected chi connectivity index (χ1v) is 4.57. The SMILES string of the molecule is O=Cc1cc([N+](=O)[O-])cc(F)c1C(=O)CCl. The largest absolute Gasteiger partial charge is 0.298 e. The van der Waals surface area contributed by atoms with Gasteiger partial charge in [0.15, 0.2) is 12.1 Å². The van der Waals surface area contributed by atoms with Crippen LogP contribution in [-0.2, 0) is 0 Å². The molecular weight excluding hydrogens is 241 g/mol. The quantitative estimate of drug-likeness (QED) is 0.267. The van der Waals surface area contributed by atoms with Gasteiger partial charge in [0, 0.05) is 11.6 Å². The highest BCUT2D eigenvalue weighted by molar-refractivity contribution is 6.31. The van der Waals surface area contributed by atoms with E-state index in [-0.39, 0.29) is 11.8 Å². The molecule has 0 aliphatic carbocycles. The molecule has 16 heavy (non-hydrogen) atoms. The van der Waals surface area contributed by atoms with Crippen LogP contribution in [0.25, 0.3) is 0 Å². The zero-order valence-electron chi connectivity index (χ0n) is 7.78. The third-order valence-electron chi connectivity index (χ3n) is 1.84. The number of carbonyl (C=O) groups is 2. The summed E-state index contributed by atoms with van der Waals surface area (Å²) >= 11 is 5.22. The number of non-ortho nitro benzene ring substituents is 1. The Hall–Kier alpha value is -1.82. The lowest BCUT2D eigenvalue weighted by atomic mass is 10.0. The van der Waals surface area contributed by atoms with E-state index in [0.717, 1.165) is 6.07 Å².